The molecule has 28 heavy (non-hydrogen) atoms. The van der Waals surface area contributed by atoms with Crippen molar-refractivity contribution in [2.75, 3.05) is 0 Å². The number of fused-ring (bicyclic) bond motifs is 2. The highest BCUT2D eigenvalue weighted by Gasteiger charge is 2.22. The molecule has 0 spiro atoms. The Morgan fingerprint density at radius 1 is 1.07 bits per heavy atom. The molecule has 0 saturated carbocycles. The number of imidazole rings is 1. The van der Waals surface area contributed by atoms with Crippen LogP contribution in [0.15, 0.2) is 30.3 Å². The molecule has 1 aliphatic carbocycles. The molecule has 1 aromatic carbocycles. The Balaban J connectivity index is 1.86. The molecular formula is C24H28FN3. The largest absolute Gasteiger partial charge is 0.325 e. The normalized spacial score (nSPS) is 13.4. The van der Waals surface area contributed by atoms with E-state index in [4.69, 9.17) is 0 Å². The van der Waals surface area contributed by atoms with Crippen LogP contribution >= 0.6 is 0 Å². The van der Waals surface area contributed by atoms with E-state index in [1.54, 1.807) is 6.07 Å². The second-order valence-corrected chi connectivity index (χ2v) is 7.85. The fourth-order valence-corrected chi connectivity index (χ4v) is 4.55. The van der Waals surface area contributed by atoms with Crippen LogP contribution in [0, 0.1) is 19.7 Å². The lowest BCUT2D eigenvalue weighted by molar-refractivity contribution is 0.428. The molecule has 2 aromatic heterocycles. The number of allylic oxidation sites excluding steroid dienone is 1. The molecule has 0 aliphatic heterocycles. The van der Waals surface area contributed by atoms with Crippen LogP contribution in [0.5, 0.6) is 0 Å². The summed E-state index contributed by atoms with van der Waals surface area (Å²) in [6.45, 7) is 8.41. The first-order valence-corrected chi connectivity index (χ1v) is 10.4. The van der Waals surface area contributed by atoms with Crippen LogP contribution in [0.4, 0.5) is 4.39 Å². The molecule has 0 atom stereocenters. The molecule has 0 bridgehead atoms. The monoisotopic (exact) mass is 377 g/mol. The van der Waals surface area contributed by atoms with E-state index in [0.717, 1.165) is 71.5 Å². The zero-order valence-corrected chi connectivity index (χ0v) is 17.2. The van der Waals surface area contributed by atoms with Crippen molar-refractivity contribution in [3.05, 3.63) is 64.5 Å². The molecule has 4 heteroatoms. The predicted molar refractivity (Wildman–Crippen MR) is 113 cm³/mol. The molecule has 4 rings (SSSR count). The number of aromatic nitrogens is 3. The van der Waals surface area contributed by atoms with Crippen molar-refractivity contribution in [3.8, 4) is 0 Å². The summed E-state index contributed by atoms with van der Waals surface area (Å²) in [6.07, 6.45) is 7.35. The highest BCUT2D eigenvalue weighted by Crippen LogP contribution is 2.36. The van der Waals surface area contributed by atoms with Gasteiger partial charge in [-0.05, 0) is 56.0 Å². The summed E-state index contributed by atoms with van der Waals surface area (Å²) >= 11 is 0. The van der Waals surface area contributed by atoms with Crippen molar-refractivity contribution in [1.29, 1.82) is 0 Å². The number of rotatable bonds is 6. The van der Waals surface area contributed by atoms with Gasteiger partial charge in [0.2, 0.25) is 0 Å². The van der Waals surface area contributed by atoms with Gasteiger partial charge in [-0.3, -0.25) is 4.98 Å². The number of hydrogen-bond acceptors (Lipinski definition) is 2. The highest BCUT2D eigenvalue weighted by molar-refractivity contribution is 5.89. The number of benzene rings is 1. The molecule has 3 aromatic rings. The fraction of sp³-hybridized carbons (Fsp3) is 0.417. The van der Waals surface area contributed by atoms with Crippen molar-refractivity contribution in [2.45, 2.75) is 65.8 Å². The van der Waals surface area contributed by atoms with Crippen molar-refractivity contribution in [1.82, 2.24) is 14.5 Å². The van der Waals surface area contributed by atoms with E-state index in [1.165, 1.54) is 0 Å². The molecular weight excluding hydrogens is 349 g/mol. The van der Waals surface area contributed by atoms with Crippen LogP contribution in [-0.4, -0.2) is 14.5 Å². The lowest BCUT2D eigenvalue weighted by atomic mass is 9.99. The van der Waals surface area contributed by atoms with Gasteiger partial charge >= 0.3 is 0 Å². The van der Waals surface area contributed by atoms with Crippen LogP contribution in [-0.2, 0) is 6.42 Å². The van der Waals surface area contributed by atoms with Gasteiger partial charge in [-0.25, -0.2) is 9.37 Å². The van der Waals surface area contributed by atoms with E-state index in [9.17, 15) is 0 Å². The number of halogens is 1. The van der Waals surface area contributed by atoms with Gasteiger partial charge in [0.25, 0.3) is 0 Å². The molecule has 0 radical (unpaired) electrons. The fourth-order valence-electron chi connectivity index (χ4n) is 4.55. The lowest BCUT2D eigenvalue weighted by Crippen LogP contribution is -2.10. The zero-order chi connectivity index (χ0) is 19.8. The van der Waals surface area contributed by atoms with E-state index in [-0.39, 0.29) is 5.82 Å². The number of nitrogens with zero attached hydrogens (tertiary/aromatic N) is 3. The van der Waals surface area contributed by atoms with Crippen LogP contribution < -0.4 is 0 Å². The van der Waals surface area contributed by atoms with Crippen LogP contribution in [0.25, 0.3) is 16.6 Å². The Bertz CT molecular complexity index is 1060. The lowest BCUT2D eigenvalue weighted by Gasteiger charge is -2.20. The Morgan fingerprint density at radius 3 is 2.54 bits per heavy atom. The minimum Gasteiger partial charge on any atom is -0.325 e. The van der Waals surface area contributed by atoms with E-state index in [2.05, 4.69) is 46.6 Å². The molecule has 0 amide bonds. The van der Waals surface area contributed by atoms with Crippen molar-refractivity contribution in [2.24, 2.45) is 0 Å². The third-order valence-electron chi connectivity index (χ3n) is 5.75. The van der Waals surface area contributed by atoms with Gasteiger partial charge in [-0.2, -0.15) is 0 Å². The maximum Gasteiger partial charge on any atom is 0.151 e. The predicted octanol–water partition coefficient (Wildman–Crippen LogP) is 6.32. The first-order chi connectivity index (χ1) is 13.5. The van der Waals surface area contributed by atoms with Gasteiger partial charge in [0.15, 0.2) is 5.82 Å². The summed E-state index contributed by atoms with van der Waals surface area (Å²) < 4.78 is 17.3. The van der Waals surface area contributed by atoms with E-state index in [0.29, 0.717) is 11.6 Å². The van der Waals surface area contributed by atoms with Crippen LogP contribution in [0.2, 0.25) is 0 Å². The van der Waals surface area contributed by atoms with Gasteiger partial charge in [-0.1, -0.05) is 38.8 Å². The standard InChI is InChI=1S/C24H28FN3/c1-5-7-18(8-6-2)28-16(4)27-24-21(25)13-17(14-23(24)28)19-11-12-22-20(19)10-9-15(3)26-22/h9-11,13-14,18H,5-8,12H2,1-4H3. The third-order valence-corrected chi connectivity index (χ3v) is 5.75. The molecule has 1 aliphatic rings. The highest BCUT2D eigenvalue weighted by atomic mass is 19.1. The smallest absolute Gasteiger partial charge is 0.151 e. The Kier molecular flexibility index (Phi) is 5.05. The molecule has 146 valence electrons. The molecule has 0 saturated heterocycles. The maximum absolute atomic E-state index is 15.0. The number of pyridine rings is 1. The minimum atomic E-state index is -0.240. The van der Waals surface area contributed by atoms with Gasteiger partial charge in [-0.15, -0.1) is 0 Å². The van der Waals surface area contributed by atoms with Crippen LogP contribution in [0.1, 0.15) is 73.9 Å². The molecule has 0 N–H and O–H groups in total. The SMILES string of the molecule is CCCC(CCC)n1c(C)nc2c(F)cc(C3=CCc4nc(C)ccc43)cc21. The zero-order valence-electron chi connectivity index (χ0n) is 17.2. The van der Waals surface area contributed by atoms with Crippen molar-refractivity contribution >= 4 is 16.6 Å². The second kappa shape index (κ2) is 7.50. The number of hydrogen-bond donors (Lipinski definition) is 0. The molecule has 0 unspecified atom stereocenters. The summed E-state index contributed by atoms with van der Waals surface area (Å²) in [5, 5.41) is 0. The topological polar surface area (TPSA) is 30.7 Å². The average molecular weight is 378 g/mol. The van der Waals surface area contributed by atoms with Crippen molar-refractivity contribution in [3.63, 3.8) is 0 Å². The Labute approximate surface area is 166 Å². The van der Waals surface area contributed by atoms with E-state index in [1.807, 2.05) is 19.9 Å². The molecule has 3 nitrogen and oxygen atoms in total. The van der Waals surface area contributed by atoms with Crippen molar-refractivity contribution < 1.29 is 4.39 Å². The number of aryl methyl sites for hydroxylation is 2. The van der Waals surface area contributed by atoms with Gasteiger partial charge in [0.1, 0.15) is 11.3 Å². The quantitative estimate of drug-likeness (QED) is 0.503. The summed E-state index contributed by atoms with van der Waals surface area (Å²) in [5.41, 5.74) is 6.61. The van der Waals surface area contributed by atoms with Gasteiger partial charge < -0.3 is 4.57 Å². The minimum absolute atomic E-state index is 0.240. The summed E-state index contributed by atoms with van der Waals surface area (Å²) in [4.78, 5) is 9.23. The molecule has 0 fully saturated rings. The Morgan fingerprint density at radius 2 is 1.82 bits per heavy atom. The Hall–Kier alpha value is -2.49. The summed E-state index contributed by atoms with van der Waals surface area (Å²) in [7, 11) is 0. The first-order valence-electron chi connectivity index (χ1n) is 10.4. The van der Waals surface area contributed by atoms with E-state index < -0.39 is 0 Å². The second-order valence-electron chi connectivity index (χ2n) is 7.85. The third kappa shape index (κ3) is 3.15. The van der Waals surface area contributed by atoms with Gasteiger partial charge in [0, 0.05) is 23.7 Å². The first kappa shape index (κ1) is 18.9. The molecule has 2 heterocycles. The summed E-state index contributed by atoms with van der Waals surface area (Å²) in [6, 6.07) is 8.26. The van der Waals surface area contributed by atoms with Crippen LogP contribution in [0.3, 0.4) is 0 Å². The van der Waals surface area contributed by atoms with E-state index >= 15 is 4.39 Å². The summed E-state index contributed by atoms with van der Waals surface area (Å²) in [5.74, 6) is 0.659. The van der Waals surface area contributed by atoms with Gasteiger partial charge in [0.05, 0.1) is 11.2 Å². The maximum atomic E-state index is 15.0. The average Bonchev–Trinajstić information content (AvgIpc) is 3.22.